The van der Waals surface area contributed by atoms with Gasteiger partial charge in [-0.3, -0.25) is 9.78 Å². The molecule has 3 aromatic rings. The second kappa shape index (κ2) is 10.2. The van der Waals surface area contributed by atoms with E-state index in [1.807, 2.05) is 19.0 Å². The van der Waals surface area contributed by atoms with Gasteiger partial charge in [-0.1, -0.05) is 12.1 Å². The van der Waals surface area contributed by atoms with Crippen molar-refractivity contribution < 1.29 is 27.4 Å². The summed E-state index contributed by atoms with van der Waals surface area (Å²) in [7, 11) is 3.86. The first kappa shape index (κ1) is 23.6. The predicted octanol–water partition coefficient (Wildman–Crippen LogP) is 3.63. The molecular formula is C24H25F3N4O3. The third kappa shape index (κ3) is 5.01. The van der Waals surface area contributed by atoms with Gasteiger partial charge in [0.2, 0.25) is 0 Å². The number of alkyl halides is 2. The van der Waals surface area contributed by atoms with Crippen LogP contribution in [0.25, 0.3) is 11.3 Å². The van der Waals surface area contributed by atoms with Gasteiger partial charge < -0.3 is 24.7 Å². The van der Waals surface area contributed by atoms with Crippen LogP contribution in [-0.2, 0) is 12.8 Å². The number of likely N-dealkylation sites (N-methyl/N-ethyl adjacent to an activating group) is 1. The first-order valence-corrected chi connectivity index (χ1v) is 10.8. The first-order chi connectivity index (χ1) is 16.3. The number of ether oxygens (including phenoxy) is 2. The Morgan fingerprint density at radius 1 is 1.24 bits per heavy atom. The molecule has 7 nitrogen and oxygen atoms in total. The van der Waals surface area contributed by atoms with Gasteiger partial charge in [0.25, 0.3) is 5.91 Å². The van der Waals surface area contributed by atoms with Crippen LogP contribution in [0.15, 0.2) is 36.7 Å². The Balaban J connectivity index is 1.81. The van der Waals surface area contributed by atoms with Crippen LogP contribution < -0.4 is 14.8 Å². The molecule has 0 unspecified atom stereocenters. The van der Waals surface area contributed by atoms with Gasteiger partial charge in [0.15, 0.2) is 11.6 Å². The summed E-state index contributed by atoms with van der Waals surface area (Å²) in [5, 5.41) is 2.82. The maximum Gasteiger partial charge on any atom is 0.387 e. The van der Waals surface area contributed by atoms with E-state index in [4.69, 9.17) is 4.74 Å². The van der Waals surface area contributed by atoms with Crippen molar-refractivity contribution in [3.05, 3.63) is 64.9 Å². The summed E-state index contributed by atoms with van der Waals surface area (Å²) in [4.78, 5) is 22.3. The van der Waals surface area contributed by atoms with E-state index >= 15 is 0 Å². The monoisotopic (exact) mass is 474 g/mol. The van der Waals surface area contributed by atoms with E-state index in [0.717, 1.165) is 11.8 Å². The molecular weight excluding hydrogens is 449 g/mol. The smallest absolute Gasteiger partial charge is 0.387 e. The lowest BCUT2D eigenvalue weighted by Gasteiger charge is -2.16. The van der Waals surface area contributed by atoms with E-state index in [9.17, 15) is 18.0 Å². The van der Waals surface area contributed by atoms with Gasteiger partial charge >= 0.3 is 6.61 Å². The normalized spacial score (nSPS) is 13.2. The number of aromatic amines is 1. The summed E-state index contributed by atoms with van der Waals surface area (Å²) in [6.45, 7) is -1.62. The minimum absolute atomic E-state index is 0.00609. The number of amides is 1. The molecule has 0 fully saturated rings. The van der Waals surface area contributed by atoms with Gasteiger partial charge in [0, 0.05) is 48.9 Å². The van der Waals surface area contributed by atoms with E-state index in [-0.39, 0.29) is 17.9 Å². The first-order valence-electron chi connectivity index (χ1n) is 10.8. The number of carbonyl (C=O) groups is 1. The van der Waals surface area contributed by atoms with Crippen LogP contribution in [0.2, 0.25) is 0 Å². The van der Waals surface area contributed by atoms with Crippen LogP contribution in [0, 0.1) is 5.82 Å². The highest BCUT2D eigenvalue weighted by molar-refractivity contribution is 6.00. The predicted molar refractivity (Wildman–Crippen MR) is 120 cm³/mol. The van der Waals surface area contributed by atoms with Crippen molar-refractivity contribution in [2.24, 2.45) is 0 Å². The molecule has 0 saturated heterocycles. The summed E-state index contributed by atoms with van der Waals surface area (Å²) in [6, 6.07) is 5.74. The number of carbonyl (C=O) groups excluding carboxylic acids is 1. The molecule has 0 aliphatic carbocycles. The van der Waals surface area contributed by atoms with Crippen LogP contribution in [0.3, 0.4) is 0 Å². The zero-order chi connectivity index (χ0) is 24.2. The summed E-state index contributed by atoms with van der Waals surface area (Å²) < 4.78 is 50.8. The molecule has 1 aliphatic heterocycles. The fourth-order valence-corrected chi connectivity index (χ4v) is 4.00. The minimum Gasteiger partial charge on any atom is -0.490 e. The Labute approximate surface area is 194 Å². The van der Waals surface area contributed by atoms with Gasteiger partial charge in [0.05, 0.1) is 17.5 Å². The number of halogens is 3. The molecule has 2 N–H and O–H groups in total. The number of pyridine rings is 1. The zero-order valence-electron chi connectivity index (χ0n) is 18.8. The molecule has 180 valence electrons. The summed E-state index contributed by atoms with van der Waals surface area (Å²) in [5.41, 5.74) is 3.14. The van der Waals surface area contributed by atoms with Gasteiger partial charge in [0.1, 0.15) is 12.4 Å². The molecule has 1 aromatic carbocycles. The quantitative estimate of drug-likeness (QED) is 0.495. The van der Waals surface area contributed by atoms with Gasteiger partial charge in [-0.25, -0.2) is 4.39 Å². The van der Waals surface area contributed by atoms with E-state index in [2.05, 4.69) is 20.0 Å². The van der Waals surface area contributed by atoms with Crippen LogP contribution in [0.4, 0.5) is 13.2 Å². The average molecular weight is 474 g/mol. The molecule has 0 radical (unpaired) electrons. The number of hydrogen-bond acceptors (Lipinski definition) is 5. The molecule has 3 heterocycles. The molecule has 10 heteroatoms. The minimum atomic E-state index is -3.18. The molecule has 0 spiro atoms. The van der Waals surface area contributed by atoms with Crippen LogP contribution in [-0.4, -0.2) is 61.2 Å². The average Bonchev–Trinajstić information content (AvgIpc) is 3.15. The van der Waals surface area contributed by atoms with Crippen molar-refractivity contribution in [1.82, 2.24) is 20.2 Å². The highest BCUT2D eigenvalue weighted by Gasteiger charge is 2.29. The SMILES string of the molecule is CN(C)CCOc1cnccc1-c1[nH]c2c(c1Cc1cccc(F)c1OC(F)F)C(=O)NCC2. The molecule has 2 aromatic heterocycles. The topological polar surface area (TPSA) is 79.5 Å². The Morgan fingerprint density at radius 3 is 2.82 bits per heavy atom. The second-order valence-corrected chi connectivity index (χ2v) is 8.14. The summed E-state index contributed by atoms with van der Waals surface area (Å²) >= 11 is 0. The Kier molecular flexibility index (Phi) is 7.06. The maximum absolute atomic E-state index is 14.4. The van der Waals surface area contributed by atoms with Crippen LogP contribution in [0.1, 0.15) is 27.2 Å². The number of nitrogens with one attached hydrogen (secondary N) is 2. The van der Waals surface area contributed by atoms with Crippen molar-refractivity contribution in [3.63, 3.8) is 0 Å². The fourth-order valence-electron chi connectivity index (χ4n) is 4.00. The highest BCUT2D eigenvalue weighted by Crippen LogP contribution is 2.38. The standard InChI is InChI=1S/C24H25F3N4O3/c1-31(2)10-11-33-19-13-28-8-6-15(19)21-16(20-18(30-21)7-9-29-23(20)32)12-14-4-3-5-17(25)22(14)34-24(26)27/h3-6,8,13,24,30H,7,9-12H2,1-2H3,(H,29,32). The van der Waals surface area contributed by atoms with E-state index < -0.39 is 18.2 Å². The van der Waals surface area contributed by atoms with Crippen molar-refractivity contribution >= 4 is 5.91 Å². The maximum atomic E-state index is 14.4. The number of rotatable bonds is 9. The van der Waals surface area contributed by atoms with Gasteiger partial charge in [-0.2, -0.15) is 8.78 Å². The Bertz CT molecular complexity index is 1180. The zero-order valence-corrected chi connectivity index (χ0v) is 18.8. The molecule has 0 saturated carbocycles. The molecule has 1 amide bonds. The summed E-state index contributed by atoms with van der Waals surface area (Å²) in [6.07, 6.45) is 3.75. The number of nitrogens with zero attached hydrogens (tertiary/aromatic N) is 2. The van der Waals surface area contributed by atoms with E-state index in [0.29, 0.717) is 54.3 Å². The van der Waals surface area contributed by atoms with Crippen molar-refractivity contribution in [2.75, 3.05) is 33.8 Å². The molecule has 34 heavy (non-hydrogen) atoms. The molecule has 1 aliphatic rings. The number of aromatic nitrogens is 2. The molecule has 4 rings (SSSR count). The third-order valence-corrected chi connectivity index (χ3v) is 5.54. The molecule has 0 bridgehead atoms. The number of para-hydroxylation sites is 1. The largest absolute Gasteiger partial charge is 0.490 e. The lowest BCUT2D eigenvalue weighted by Crippen LogP contribution is -2.32. The molecule has 0 atom stereocenters. The third-order valence-electron chi connectivity index (χ3n) is 5.54. The van der Waals surface area contributed by atoms with Gasteiger partial charge in [-0.15, -0.1) is 0 Å². The van der Waals surface area contributed by atoms with Crippen molar-refractivity contribution in [3.8, 4) is 22.8 Å². The Morgan fingerprint density at radius 2 is 2.06 bits per heavy atom. The lowest BCUT2D eigenvalue weighted by molar-refractivity contribution is -0.0527. The lowest BCUT2D eigenvalue weighted by atomic mass is 9.94. The van der Waals surface area contributed by atoms with Crippen molar-refractivity contribution in [2.45, 2.75) is 19.5 Å². The fraction of sp³-hybridized carbons (Fsp3) is 0.333. The van der Waals surface area contributed by atoms with Crippen LogP contribution in [0.5, 0.6) is 11.5 Å². The van der Waals surface area contributed by atoms with Crippen molar-refractivity contribution in [1.29, 1.82) is 0 Å². The van der Waals surface area contributed by atoms with E-state index in [1.54, 1.807) is 18.5 Å². The highest BCUT2D eigenvalue weighted by atomic mass is 19.3. The number of H-pyrrole nitrogens is 1. The summed E-state index contributed by atoms with van der Waals surface area (Å²) in [5.74, 6) is -1.21. The van der Waals surface area contributed by atoms with Crippen LogP contribution >= 0.6 is 0 Å². The number of benzene rings is 1. The number of fused-ring (bicyclic) bond motifs is 1. The van der Waals surface area contributed by atoms with E-state index in [1.165, 1.54) is 12.1 Å². The second-order valence-electron chi connectivity index (χ2n) is 8.14. The Hall–Kier alpha value is -3.53. The van der Waals surface area contributed by atoms with Gasteiger partial charge in [-0.05, 0) is 31.8 Å². The number of hydrogen-bond donors (Lipinski definition) is 2.